The molecule has 0 aliphatic rings. The molecule has 2 N–H and O–H groups in total. The van der Waals surface area contributed by atoms with E-state index in [-0.39, 0.29) is 24.0 Å². The molecule has 2 aromatic rings. The predicted octanol–water partition coefficient (Wildman–Crippen LogP) is 3.31. The number of guanidine groups is 1. The van der Waals surface area contributed by atoms with E-state index >= 15 is 0 Å². The van der Waals surface area contributed by atoms with Crippen molar-refractivity contribution in [3.63, 3.8) is 0 Å². The van der Waals surface area contributed by atoms with E-state index in [1.807, 2.05) is 23.1 Å². The Kier molecular flexibility index (Phi) is 10.2. The zero-order chi connectivity index (χ0) is 17.2. The second kappa shape index (κ2) is 11.9. The zero-order valence-electron chi connectivity index (χ0n) is 15.5. The van der Waals surface area contributed by atoms with Crippen LogP contribution in [0.4, 0.5) is 0 Å². The summed E-state index contributed by atoms with van der Waals surface area (Å²) in [5.41, 5.74) is 4.07. The average Bonchev–Trinajstić information content (AvgIpc) is 3.07. The third-order valence-corrected chi connectivity index (χ3v) is 3.90. The molecule has 0 aliphatic carbocycles. The Morgan fingerprint density at radius 1 is 1.24 bits per heavy atom. The van der Waals surface area contributed by atoms with Gasteiger partial charge >= 0.3 is 0 Å². The Morgan fingerprint density at radius 3 is 2.76 bits per heavy atom. The summed E-state index contributed by atoms with van der Waals surface area (Å²) in [6.45, 7) is 9.84. The van der Waals surface area contributed by atoms with E-state index in [1.54, 1.807) is 0 Å². The zero-order valence-corrected chi connectivity index (χ0v) is 17.8. The average molecular weight is 455 g/mol. The van der Waals surface area contributed by atoms with Crippen LogP contribution in [-0.2, 0) is 13.0 Å². The lowest BCUT2D eigenvalue weighted by Gasteiger charge is -2.12. The van der Waals surface area contributed by atoms with E-state index in [4.69, 9.17) is 0 Å². The van der Waals surface area contributed by atoms with E-state index in [0.29, 0.717) is 0 Å². The topological polar surface area (TPSA) is 54.2 Å². The smallest absolute Gasteiger partial charge is 0.191 e. The van der Waals surface area contributed by atoms with Gasteiger partial charge in [-0.3, -0.25) is 9.67 Å². The summed E-state index contributed by atoms with van der Waals surface area (Å²) in [4.78, 5) is 4.63. The molecule has 2 rings (SSSR count). The van der Waals surface area contributed by atoms with Crippen LogP contribution in [0.5, 0.6) is 0 Å². The molecule has 1 aromatic heterocycles. The lowest BCUT2D eigenvalue weighted by Crippen LogP contribution is -2.38. The maximum absolute atomic E-state index is 4.63. The fourth-order valence-electron chi connectivity index (χ4n) is 2.64. The van der Waals surface area contributed by atoms with Gasteiger partial charge in [-0.1, -0.05) is 23.8 Å². The highest BCUT2D eigenvalue weighted by Gasteiger charge is 2.01. The van der Waals surface area contributed by atoms with Crippen molar-refractivity contribution in [3.8, 4) is 0 Å². The number of hydrogen-bond acceptors (Lipinski definition) is 2. The molecule has 0 amide bonds. The van der Waals surface area contributed by atoms with Crippen molar-refractivity contribution in [2.75, 3.05) is 19.6 Å². The van der Waals surface area contributed by atoms with Gasteiger partial charge in [-0.05, 0) is 50.8 Å². The number of halogens is 1. The summed E-state index contributed by atoms with van der Waals surface area (Å²) < 4.78 is 1.94. The van der Waals surface area contributed by atoms with Crippen LogP contribution in [0, 0.1) is 13.8 Å². The first kappa shape index (κ1) is 21.5. The van der Waals surface area contributed by atoms with Crippen LogP contribution >= 0.6 is 24.0 Å². The largest absolute Gasteiger partial charge is 0.357 e. The van der Waals surface area contributed by atoms with Crippen molar-refractivity contribution < 1.29 is 0 Å². The number of hydrogen-bond donors (Lipinski definition) is 2. The van der Waals surface area contributed by atoms with Crippen molar-refractivity contribution in [2.45, 2.75) is 40.2 Å². The van der Waals surface area contributed by atoms with Crippen molar-refractivity contribution in [1.82, 2.24) is 20.4 Å². The highest BCUT2D eigenvalue weighted by atomic mass is 127. The molecule has 0 unspecified atom stereocenters. The van der Waals surface area contributed by atoms with E-state index < -0.39 is 0 Å². The summed E-state index contributed by atoms with van der Waals surface area (Å²) in [6.07, 6.45) is 5.78. The molecule has 0 fully saturated rings. The van der Waals surface area contributed by atoms with E-state index in [2.05, 4.69) is 59.7 Å². The Morgan fingerprint density at radius 2 is 2.08 bits per heavy atom. The minimum absolute atomic E-state index is 0. The van der Waals surface area contributed by atoms with Crippen LogP contribution in [0.3, 0.4) is 0 Å². The lowest BCUT2D eigenvalue weighted by molar-refractivity contribution is 0.584. The molecule has 6 heteroatoms. The summed E-state index contributed by atoms with van der Waals surface area (Å²) in [7, 11) is 0. The second-order valence-corrected chi connectivity index (χ2v) is 5.99. The molecule has 0 saturated carbocycles. The number of nitrogens with one attached hydrogen (secondary N) is 2. The third kappa shape index (κ3) is 7.90. The van der Waals surface area contributed by atoms with Crippen LogP contribution in [0.2, 0.25) is 0 Å². The normalized spacial score (nSPS) is 11.1. The Labute approximate surface area is 168 Å². The SMILES string of the molecule is CCNC(=NCCCn1cccn1)NCCc1ccc(C)cc1C.I. The minimum Gasteiger partial charge on any atom is -0.357 e. The molecule has 0 saturated heterocycles. The van der Waals surface area contributed by atoms with Crippen LogP contribution in [0.1, 0.15) is 30.0 Å². The number of nitrogens with zero attached hydrogens (tertiary/aromatic N) is 3. The quantitative estimate of drug-likeness (QED) is 0.278. The number of aliphatic imine (C=N–C) groups is 1. The van der Waals surface area contributed by atoms with Gasteiger partial charge in [0.15, 0.2) is 5.96 Å². The molecule has 5 nitrogen and oxygen atoms in total. The summed E-state index contributed by atoms with van der Waals surface area (Å²) >= 11 is 0. The van der Waals surface area contributed by atoms with Crippen molar-refractivity contribution in [3.05, 3.63) is 53.3 Å². The Hall–Kier alpha value is -1.57. The molecular formula is C19H30IN5. The number of aromatic nitrogens is 2. The summed E-state index contributed by atoms with van der Waals surface area (Å²) in [5.74, 6) is 0.891. The first-order chi connectivity index (χ1) is 11.7. The lowest BCUT2D eigenvalue weighted by atomic mass is 10.0. The first-order valence-electron chi connectivity index (χ1n) is 8.74. The van der Waals surface area contributed by atoms with E-state index in [1.165, 1.54) is 16.7 Å². The van der Waals surface area contributed by atoms with Crippen LogP contribution in [0.15, 0.2) is 41.7 Å². The Balaban J connectivity index is 0.00000312. The van der Waals surface area contributed by atoms with E-state index in [0.717, 1.165) is 45.0 Å². The molecule has 1 aromatic carbocycles. The number of benzene rings is 1. The second-order valence-electron chi connectivity index (χ2n) is 5.99. The molecule has 0 spiro atoms. The Bertz CT molecular complexity index is 637. The highest BCUT2D eigenvalue weighted by Crippen LogP contribution is 2.10. The van der Waals surface area contributed by atoms with Gasteiger partial charge in [0.1, 0.15) is 0 Å². The molecule has 25 heavy (non-hydrogen) atoms. The third-order valence-electron chi connectivity index (χ3n) is 3.90. The standard InChI is InChI=1S/C19H29N5.HI/c1-4-20-19(21-10-5-13-24-14-6-11-23-24)22-12-9-18-8-7-16(2)15-17(18)3;/h6-8,11,14-15H,4-5,9-10,12-13H2,1-3H3,(H2,20,21,22);1H. The van der Waals surface area contributed by atoms with Gasteiger partial charge < -0.3 is 10.6 Å². The van der Waals surface area contributed by atoms with Gasteiger partial charge in [0.25, 0.3) is 0 Å². The maximum Gasteiger partial charge on any atom is 0.191 e. The molecule has 1 heterocycles. The van der Waals surface area contributed by atoms with Crippen molar-refractivity contribution >= 4 is 29.9 Å². The van der Waals surface area contributed by atoms with Gasteiger partial charge in [0.2, 0.25) is 0 Å². The number of aryl methyl sites for hydroxylation is 3. The van der Waals surface area contributed by atoms with Gasteiger partial charge in [-0.2, -0.15) is 5.10 Å². The molecule has 0 atom stereocenters. The van der Waals surface area contributed by atoms with Gasteiger partial charge in [-0.15, -0.1) is 24.0 Å². The van der Waals surface area contributed by atoms with Gasteiger partial charge in [0.05, 0.1) is 0 Å². The van der Waals surface area contributed by atoms with Crippen molar-refractivity contribution in [1.29, 1.82) is 0 Å². The van der Waals surface area contributed by atoms with Crippen LogP contribution in [-0.4, -0.2) is 35.4 Å². The maximum atomic E-state index is 4.63. The summed E-state index contributed by atoms with van der Waals surface area (Å²) in [6, 6.07) is 8.59. The van der Waals surface area contributed by atoms with Crippen LogP contribution in [0.25, 0.3) is 0 Å². The van der Waals surface area contributed by atoms with E-state index in [9.17, 15) is 0 Å². The van der Waals surface area contributed by atoms with Crippen LogP contribution < -0.4 is 10.6 Å². The number of rotatable bonds is 8. The molecule has 0 radical (unpaired) electrons. The highest BCUT2D eigenvalue weighted by molar-refractivity contribution is 14.0. The predicted molar refractivity (Wildman–Crippen MR) is 116 cm³/mol. The fourth-order valence-corrected chi connectivity index (χ4v) is 2.64. The molecule has 0 bridgehead atoms. The molecule has 0 aliphatic heterocycles. The first-order valence-corrected chi connectivity index (χ1v) is 8.74. The molecular weight excluding hydrogens is 425 g/mol. The fraction of sp³-hybridized carbons (Fsp3) is 0.474. The summed E-state index contributed by atoms with van der Waals surface area (Å²) in [5, 5.41) is 10.9. The van der Waals surface area contributed by atoms with Gasteiger partial charge in [-0.25, -0.2) is 0 Å². The van der Waals surface area contributed by atoms with Gasteiger partial charge in [0, 0.05) is 38.6 Å². The minimum atomic E-state index is 0. The van der Waals surface area contributed by atoms with Crippen molar-refractivity contribution in [2.24, 2.45) is 4.99 Å². The monoisotopic (exact) mass is 455 g/mol. The molecule has 138 valence electrons.